The number of likely N-dealkylation sites (tertiary alicyclic amines) is 1. The number of carbonyl (C=O) groups is 1. The van der Waals surface area contributed by atoms with E-state index in [1.54, 1.807) is 34.9 Å². The number of amides is 1. The number of halogens is 2. The Kier molecular flexibility index (Phi) is 11.5. The molecule has 0 spiro atoms. The lowest BCUT2D eigenvalue weighted by atomic mass is 10.0. The van der Waals surface area contributed by atoms with Gasteiger partial charge in [-0.2, -0.15) is 4.98 Å². The highest BCUT2D eigenvalue weighted by Gasteiger charge is 2.32. The van der Waals surface area contributed by atoms with Crippen LogP contribution in [0.25, 0.3) is 22.2 Å². The van der Waals surface area contributed by atoms with E-state index in [0.29, 0.717) is 73.4 Å². The number of benzene rings is 1. The molecule has 3 aromatic rings. The van der Waals surface area contributed by atoms with E-state index in [2.05, 4.69) is 28.7 Å². The van der Waals surface area contributed by atoms with Crippen LogP contribution in [0.5, 0.6) is 11.5 Å². The number of hydrogen-bond donors (Lipinski definition) is 1. The first-order chi connectivity index (χ1) is 21.1. The number of carbonyl (C=O) groups excluding carboxylic acids is 1. The molecule has 0 aliphatic carbocycles. The summed E-state index contributed by atoms with van der Waals surface area (Å²) in [7, 11) is 5.10. The van der Waals surface area contributed by atoms with Crippen LogP contribution in [0.15, 0.2) is 35.8 Å². The van der Waals surface area contributed by atoms with Gasteiger partial charge in [0.2, 0.25) is 11.9 Å². The lowest BCUT2D eigenvalue weighted by molar-refractivity contribution is -0.132. The maximum absolute atomic E-state index is 14.3. The fourth-order valence-corrected chi connectivity index (χ4v) is 5.70. The highest BCUT2D eigenvalue weighted by Crippen LogP contribution is 2.45. The first-order valence-electron chi connectivity index (χ1n) is 14.6. The van der Waals surface area contributed by atoms with Crippen molar-refractivity contribution in [3.05, 3.63) is 51.4 Å². The monoisotopic (exact) mass is 646 g/mol. The van der Waals surface area contributed by atoms with Crippen LogP contribution in [0.3, 0.4) is 0 Å². The summed E-state index contributed by atoms with van der Waals surface area (Å²) in [6.45, 7) is 10.5. The number of nitrogens with one attached hydrogen (secondary N) is 1. The molecule has 0 bridgehead atoms. The molecule has 0 radical (unpaired) electrons. The average molecular weight is 648 g/mol. The van der Waals surface area contributed by atoms with Crippen LogP contribution < -0.4 is 20.3 Å². The largest absolute Gasteiger partial charge is 0.495 e. The minimum absolute atomic E-state index is 0.0524. The lowest BCUT2D eigenvalue weighted by Gasteiger charge is -2.43. The van der Waals surface area contributed by atoms with Gasteiger partial charge in [-0.25, -0.2) is 4.98 Å². The van der Waals surface area contributed by atoms with Crippen molar-refractivity contribution in [2.24, 2.45) is 0 Å². The van der Waals surface area contributed by atoms with Crippen LogP contribution >= 0.6 is 23.2 Å². The second-order valence-electron chi connectivity index (χ2n) is 10.9. The maximum atomic E-state index is 14.3. The van der Waals surface area contributed by atoms with Crippen LogP contribution in [-0.4, -0.2) is 96.4 Å². The van der Waals surface area contributed by atoms with E-state index < -0.39 is 0 Å². The summed E-state index contributed by atoms with van der Waals surface area (Å²) in [4.78, 5) is 39.3. The zero-order chi connectivity index (χ0) is 32.0. The lowest BCUT2D eigenvalue weighted by Crippen LogP contribution is -2.60. The second-order valence-corrected chi connectivity index (χ2v) is 11.6. The third kappa shape index (κ3) is 7.28. The minimum Gasteiger partial charge on any atom is -0.495 e. The Morgan fingerprint density at radius 2 is 1.98 bits per heavy atom. The Balaban J connectivity index is 1.79. The molecule has 3 heterocycles. The van der Waals surface area contributed by atoms with Gasteiger partial charge in [0.25, 0.3) is 5.56 Å². The van der Waals surface area contributed by atoms with Crippen molar-refractivity contribution < 1.29 is 19.0 Å². The molecule has 1 N–H and O–H groups in total. The van der Waals surface area contributed by atoms with Gasteiger partial charge in [-0.15, -0.1) is 0 Å². The Morgan fingerprint density at radius 3 is 2.64 bits per heavy atom. The third-order valence-electron chi connectivity index (χ3n) is 7.65. The molecule has 1 fully saturated rings. The Hall–Kier alpha value is -3.38. The molecule has 1 saturated heterocycles. The second kappa shape index (κ2) is 15.1. The number of ether oxygens (including phenoxy) is 3. The molecule has 238 valence electrons. The van der Waals surface area contributed by atoms with E-state index in [9.17, 15) is 9.59 Å². The van der Waals surface area contributed by atoms with Crippen molar-refractivity contribution in [3.8, 4) is 22.6 Å². The van der Waals surface area contributed by atoms with Gasteiger partial charge in [0.15, 0.2) is 0 Å². The average Bonchev–Trinajstić information content (AvgIpc) is 2.97. The van der Waals surface area contributed by atoms with Crippen LogP contribution in [0.1, 0.15) is 26.7 Å². The smallest absolute Gasteiger partial charge is 0.260 e. The molecule has 2 aromatic heterocycles. The minimum atomic E-state index is -0.325. The molecule has 44 heavy (non-hydrogen) atoms. The van der Waals surface area contributed by atoms with Gasteiger partial charge in [0.1, 0.15) is 17.1 Å². The van der Waals surface area contributed by atoms with E-state index in [1.807, 2.05) is 14.0 Å². The number of nitrogens with zero attached hydrogens (tertiary/aromatic N) is 5. The SMILES string of the molecule is C=CC(=O)N1CC(N(C)CCn2c(=O)c(-c3c(Cl)c(OC)cc(OCCCC)c3Cl)cc3cnc(NC(C)COC)nc32)C1. The van der Waals surface area contributed by atoms with Crippen LogP contribution in [0, 0.1) is 0 Å². The number of aromatic nitrogens is 3. The topological polar surface area (TPSA) is 111 Å². The standard InChI is InChI=1S/C31H40Cl2N6O5/c1-7-9-12-44-24-14-23(43-6)27(32)26(28(24)33)22-13-20-15-34-31(35-19(3)18-42-5)36-29(20)39(30(22)41)11-10-37(4)21-16-38(17-21)25(40)8-2/h8,13-15,19,21H,2,7,9-12,16-18H2,1,3-6H3,(H,34,35,36). The van der Waals surface area contributed by atoms with Crippen molar-refractivity contribution in [3.63, 3.8) is 0 Å². The summed E-state index contributed by atoms with van der Waals surface area (Å²) in [5.41, 5.74) is 0.731. The zero-order valence-corrected chi connectivity index (χ0v) is 27.4. The molecule has 1 aromatic carbocycles. The molecule has 11 nitrogen and oxygen atoms in total. The van der Waals surface area contributed by atoms with Gasteiger partial charge < -0.3 is 24.4 Å². The summed E-state index contributed by atoms with van der Waals surface area (Å²) >= 11 is 13.7. The van der Waals surface area contributed by atoms with Gasteiger partial charge in [-0.1, -0.05) is 43.1 Å². The van der Waals surface area contributed by atoms with Crippen LogP contribution in [0.4, 0.5) is 5.95 Å². The van der Waals surface area contributed by atoms with Gasteiger partial charge in [0.05, 0.1) is 35.9 Å². The predicted octanol–water partition coefficient (Wildman–Crippen LogP) is 4.73. The Morgan fingerprint density at radius 1 is 1.25 bits per heavy atom. The molecule has 1 aliphatic heterocycles. The number of likely N-dealkylation sites (N-methyl/N-ethyl adjacent to an activating group) is 1. The molecule has 1 unspecified atom stereocenters. The normalized spacial score (nSPS) is 14.0. The highest BCUT2D eigenvalue weighted by molar-refractivity contribution is 6.41. The van der Waals surface area contributed by atoms with E-state index in [1.165, 1.54) is 13.2 Å². The van der Waals surface area contributed by atoms with E-state index >= 15 is 0 Å². The van der Waals surface area contributed by atoms with Crippen molar-refractivity contribution in [2.75, 3.05) is 59.4 Å². The fourth-order valence-electron chi connectivity index (χ4n) is 5.02. The maximum Gasteiger partial charge on any atom is 0.260 e. The molecule has 0 saturated carbocycles. The van der Waals surface area contributed by atoms with Gasteiger partial charge in [0, 0.05) is 68.6 Å². The molecule has 13 heteroatoms. The summed E-state index contributed by atoms with van der Waals surface area (Å²) in [6.07, 6.45) is 4.77. The molecule has 4 rings (SSSR count). The third-order valence-corrected chi connectivity index (χ3v) is 8.40. The molecular formula is C31H40Cl2N6O5. The van der Waals surface area contributed by atoms with E-state index in [4.69, 9.17) is 42.4 Å². The van der Waals surface area contributed by atoms with Gasteiger partial charge in [-0.05, 0) is 32.5 Å². The van der Waals surface area contributed by atoms with Gasteiger partial charge >= 0.3 is 0 Å². The first-order valence-corrected chi connectivity index (χ1v) is 15.4. The van der Waals surface area contributed by atoms with Crippen molar-refractivity contribution >= 4 is 46.1 Å². The number of anilines is 1. The van der Waals surface area contributed by atoms with E-state index in [-0.39, 0.29) is 39.2 Å². The highest BCUT2D eigenvalue weighted by atomic mass is 35.5. The van der Waals surface area contributed by atoms with Crippen molar-refractivity contribution in [2.45, 2.75) is 45.3 Å². The van der Waals surface area contributed by atoms with E-state index in [0.717, 1.165) is 12.8 Å². The summed E-state index contributed by atoms with van der Waals surface area (Å²) in [5, 5.41) is 4.27. The fraction of sp³-hybridized carbons (Fsp3) is 0.484. The van der Waals surface area contributed by atoms with Gasteiger partial charge in [-0.3, -0.25) is 19.1 Å². The zero-order valence-electron chi connectivity index (χ0n) is 25.9. The van der Waals surface area contributed by atoms with Crippen molar-refractivity contribution in [1.82, 2.24) is 24.3 Å². The molecular weight excluding hydrogens is 607 g/mol. The molecule has 1 atom stereocenters. The first kappa shape index (κ1) is 33.5. The Labute approximate surface area is 267 Å². The number of fused-ring (bicyclic) bond motifs is 1. The quantitative estimate of drug-likeness (QED) is 0.185. The Bertz CT molecular complexity index is 1560. The van der Waals surface area contributed by atoms with Crippen molar-refractivity contribution in [1.29, 1.82) is 0 Å². The molecule has 1 aliphatic rings. The number of hydrogen-bond acceptors (Lipinski definition) is 9. The number of pyridine rings is 1. The number of rotatable bonds is 15. The van der Waals surface area contributed by atoms with Crippen LogP contribution in [-0.2, 0) is 16.1 Å². The summed E-state index contributed by atoms with van der Waals surface area (Å²) < 4.78 is 18.3. The predicted molar refractivity (Wildman–Crippen MR) is 174 cm³/mol. The van der Waals surface area contributed by atoms with Crippen LogP contribution in [0.2, 0.25) is 10.0 Å². The summed E-state index contributed by atoms with van der Waals surface area (Å²) in [5.74, 6) is 1.01. The summed E-state index contributed by atoms with van der Waals surface area (Å²) in [6, 6.07) is 3.45. The number of methoxy groups -OCH3 is 2. The number of unbranched alkanes of at least 4 members (excludes halogenated alkanes) is 1. The molecule has 1 amide bonds.